The van der Waals surface area contributed by atoms with E-state index in [1.807, 2.05) is 67.3 Å². The number of ether oxygens (including phenoxy) is 1. The highest BCUT2D eigenvalue weighted by atomic mass is 79.9. The lowest BCUT2D eigenvalue weighted by Gasteiger charge is -2.17. The van der Waals surface area contributed by atoms with E-state index in [0.29, 0.717) is 23.7 Å². The molecule has 5 aromatic rings. The van der Waals surface area contributed by atoms with Gasteiger partial charge in [0.25, 0.3) is 5.91 Å². The van der Waals surface area contributed by atoms with Gasteiger partial charge in [0.05, 0.1) is 10.0 Å². The second-order valence-corrected chi connectivity index (χ2v) is 9.15. The average molecular weight is 531 g/mol. The minimum absolute atomic E-state index is 0.00576. The smallest absolute Gasteiger partial charge is 0.256 e. The van der Waals surface area contributed by atoms with Crippen molar-refractivity contribution in [3.8, 4) is 16.9 Å². The third-order valence-electron chi connectivity index (χ3n) is 5.86. The van der Waals surface area contributed by atoms with Crippen LogP contribution < -0.4 is 4.74 Å². The summed E-state index contributed by atoms with van der Waals surface area (Å²) in [4.78, 5) is 14.9. The molecule has 9 heteroatoms. The van der Waals surface area contributed by atoms with Crippen LogP contribution in [0.1, 0.15) is 21.7 Å². The Hall–Kier alpha value is -3.98. The molecule has 0 aliphatic rings. The Morgan fingerprint density at radius 3 is 2.60 bits per heavy atom. The number of nitrogens with one attached hydrogen (secondary N) is 1. The summed E-state index contributed by atoms with van der Waals surface area (Å²) < 4.78 is 8.58. The maximum absolute atomic E-state index is 13.1. The number of amides is 1. The Morgan fingerprint density at radius 1 is 1.09 bits per heavy atom. The van der Waals surface area contributed by atoms with Crippen LogP contribution in [-0.4, -0.2) is 43.0 Å². The first-order valence-electron chi connectivity index (χ1n) is 11.0. The molecule has 5 rings (SSSR count). The predicted octanol–water partition coefficient (Wildman–Crippen LogP) is 4.97. The number of nitrogens with zero attached hydrogens (tertiary/aromatic N) is 5. The first kappa shape index (κ1) is 22.8. The van der Waals surface area contributed by atoms with E-state index < -0.39 is 0 Å². The summed E-state index contributed by atoms with van der Waals surface area (Å²) in [6, 6.07) is 22.1. The van der Waals surface area contributed by atoms with E-state index in [9.17, 15) is 4.79 Å². The van der Waals surface area contributed by atoms with Crippen molar-refractivity contribution in [3.63, 3.8) is 0 Å². The fourth-order valence-electron chi connectivity index (χ4n) is 4.05. The zero-order valence-corrected chi connectivity index (χ0v) is 20.9. The molecule has 0 radical (unpaired) electrons. The van der Waals surface area contributed by atoms with Crippen molar-refractivity contribution in [3.05, 3.63) is 94.4 Å². The molecule has 8 nitrogen and oxygen atoms in total. The molecule has 35 heavy (non-hydrogen) atoms. The first-order chi connectivity index (χ1) is 17.0. The van der Waals surface area contributed by atoms with Crippen LogP contribution >= 0.6 is 15.9 Å². The molecule has 0 aliphatic heterocycles. The van der Waals surface area contributed by atoms with Crippen LogP contribution in [0.4, 0.5) is 0 Å². The van der Waals surface area contributed by atoms with E-state index in [2.05, 4.69) is 60.8 Å². The largest absolute Gasteiger partial charge is 0.484 e. The van der Waals surface area contributed by atoms with Gasteiger partial charge in [-0.1, -0.05) is 53.7 Å². The Kier molecular flexibility index (Phi) is 6.33. The number of H-pyrrole nitrogens is 1. The van der Waals surface area contributed by atoms with Crippen LogP contribution in [0.2, 0.25) is 0 Å². The second kappa shape index (κ2) is 9.71. The van der Waals surface area contributed by atoms with Crippen molar-refractivity contribution in [1.82, 2.24) is 30.1 Å². The Morgan fingerprint density at radius 2 is 1.86 bits per heavy atom. The number of halogens is 1. The van der Waals surface area contributed by atoms with Crippen molar-refractivity contribution in [2.45, 2.75) is 13.2 Å². The van der Waals surface area contributed by atoms with E-state index in [4.69, 9.17) is 4.74 Å². The number of hydrogen-bond donors (Lipinski definition) is 1. The fourth-order valence-corrected chi connectivity index (χ4v) is 4.54. The molecule has 0 saturated carbocycles. The van der Waals surface area contributed by atoms with Crippen molar-refractivity contribution in [2.24, 2.45) is 7.05 Å². The van der Waals surface area contributed by atoms with Crippen LogP contribution in [0, 0.1) is 0 Å². The molecule has 3 aromatic carbocycles. The van der Waals surface area contributed by atoms with Crippen LogP contribution in [0.3, 0.4) is 0 Å². The van der Waals surface area contributed by atoms with Crippen molar-refractivity contribution < 1.29 is 9.53 Å². The number of carbonyl (C=O) groups is 1. The topological polar surface area (TPSA) is 88.9 Å². The number of rotatable bonds is 7. The van der Waals surface area contributed by atoms with E-state index in [-0.39, 0.29) is 12.5 Å². The van der Waals surface area contributed by atoms with Crippen molar-refractivity contribution >= 4 is 32.7 Å². The van der Waals surface area contributed by atoms with Gasteiger partial charge in [-0.15, -0.1) is 10.2 Å². The lowest BCUT2D eigenvalue weighted by atomic mass is 10.0. The van der Waals surface area contributed by atoms with Gasteiger partial charge >= 0.3 is 0 Å². The molecule has 0 aliphatic carbocycles. The Balaban J connectivity index is 1.26. The van der Waals surface area contributed by atoms with Gasteiger partial charge < -0.3 is 14.2 Å². The SMILES string of the molecule is CN(Cc1ccc(-c2ccc(OCc3nn[nH]n3)c(Br)c2)cc1)C(=O)c1cn(C)c2ccccc12. The molecule has 2 aromatic heterocycles. The number of hydrogen-bond acceptors (Lipinski definition) is 5. The van der Waals surface area contributed by atoms with Gasteiger partial charge in [0.2, 0.25) is 5.82 Å². The highest BCUT2D eigenvalue weighted by molar-refractivity contribution is 9.10. The molecule has 0 atom stereocenters. The van der Waals surface area contributed by atoms with Gasteiger partial charge in [0.1, 0.15) is 5.75 Å². The standard InChI is InChI=1S/C26H23BrN6O2/c1-32-15-21(20-5-3-4-6-23(20)32)26(34)33(2)14-17-7-9-18(10-8-17)19-11-12-24(22(27)13-19)35-16-25-28-30-31-29-25/h3-13,15H,14,16H2,1-2H3,(H,28,29,30,31). The number of tetrazole rings is 1. The summed E-state index contributed by atoms with van der Waals surface area (Å²) in [6.45, 7) is 0.753. The lowest BCUT2D eigenvalue weighted by molar-refractivity contribution is 0.0787. The zero-order chi connectivity index (χ0) is 24.4. The molecule has 2 heterocycles. The molecule has 1 N–H and O–H groups in total. The molecule has 176 valence electrons. The lowest BCUT2D eigenvalue weighted by Crippen LogP contribution is -2.26. The molecular formula is C26H23BrN6O2. The number of para-hydroxylation sites is 1. The van der Waals surface area contributed by atoms with Gasteiger partial charge in [-0.3, -0.25) is 4.79 Å². The highest BCUT2D eigenvalue weighted by Crippen LogP contribution is 2.31. The summed E-state index contributed by atoms with van der Waals surface area (Å²) >= 11 is 3.58. The maximum atomic E-state index is 13.1. The summed E-state index contributed by atoms with van der Waals surface area (Å²) in [5.41, 5.74) is 4.95. The quantitative estimate of drug-likeness (QED) is 0.320. The van der Waals surface area contributed by atoms with Crippen molar-refractivity contribution in [1.29, 1.82) is 0 Å². The number of fused-ring (bicyclic) bond motifs is 1. The minimum Gasteiger partial charge on any atom is -0.484 e. The fraction of sp³-hybridized carbons (Fsp3) is 0.154. The monoisotopic (exact) mass is 530 g/mol. The van der Waals surface area contributed by atoms with Crippen LogP contribution in [-0.2, 0) is 20.2 Å². The molecule has 1 amide bonds. The van der Waals surface area contributed by atoms with E-state index >= 15 is 0 Å². The van der Waals surface area contributed by atoms with Gasteiger partial charge in [-0.2, -0.15) is 5.21 Å². The normalized spacial score (nSPS) is 11.1. The third kappa shape index (κ3) is 4.81. The second-order valence-electron chi connectivity index (χ2n) is 8.29. The van der Waals surface area contributed by atoms with E-state index in [1.165, 1.54) is 0 Å². The maximum Gasteiger partial charge on any atom is 0.256 e. The van der Waals surface area contributed by atoms with Crippen LogP contribution in [0.25, 0.3) is 22.0 Å². The number of aromatic amines is 1. The van der Waals surface area contributed by atoms with Gasteiger partial charge in [0, 0.05) is 37.7 Å². The van der Waals surface area contributed by atoms with E-state index in [1.54, 1.807) is 4.90 Å². The van der Waals surface area contributed by atoms with Crippen LogP contribution in [0.15, 0.2) is 77.4 Å². The molecular weight excluding hydrogens is 508 g/mol. The third-order valence-corrected chi connectivity index (χ3v) is 6.48. The van der Waals surface area contributed by atoms with E-state index in [0.717, 1.165) is 32.1 Å². The first-order valence-corrected chi connectivity index (χ1v) is 11.8. The summed E-state index contributed by atoms with van der Waals surface area (Å²) in [7, 11) is 3.80. The molecule has 0 saturated heterocycles. The number of carbonyl (C=O) groups excluding carboxylic acids is 1. The minimum atomic E-state index is 0.00576. The Bertz CT molecular complexity index is 1480. The zero-order valence-electron chi connectivity index (χ0n) is 19.3. The van der Waals surface area contributed by atoms with Gasteiger partial charge in [0.15, 0.2) is 6.61 Å². The van der Waals surface area contributed by atoms with Crippen molar-refractivity contribution in [2.75, 3.05) is 7.05 Å². The predicted molar refractivity (Wildman–Crippen MR) is 137 cm³/mol. The average Bonchev–Trinajstić information content (AvgIpc) is 3.51. The molecule has 0 bridgehead atoms. The summed E-state index contributed by atoms with van der Waals surface area (Å²) in [5, 5.41) is 14.7. The van der Waals surface area contributed by atoms with Crippen LogP contribution in [0.5, 0.6) is 5.75 Å². The molecule has 0 spiro atoms. The number of aromatic nitrogens is 5. The number of benzene rings is 3. The van der Waals surface area contributed by atoms with Gasteiger partial charge in [-0.25, -0.2) is 0 Å². The van der Waals surface area contributed by atoms with Gasteiger partial charge in [-0.05, 0) is 50.8 Å². The summed E-state index contributed by atoms with van der Waals surface area (Å²) in [5.74, 6) is 1.19. The highest BCUT2D eigenvalue weighted by Gasteiger charge is 2.17. The summed E-state index contributed by atoms with van der Waals surface area (Å²) in [6.07, 6.45) is 1.90. The molecule has 0 unspecified atom stereocenters. The molecule has 0 fully saturated rings. The Labute approximate surface area is 210 Å². The number of aryl methyl sites for hydroxylation is 1.